The highest BCUT2D eigenvalue weighted by molar-refractivity contribution is 5.05. The van der Waals surface area contributed by atoms with E-state index in [9.17, 15) is 9.90 Å². The Balaban J connectivity index is 2.22. The summed E-state index contributed by atoms with van der Waals surface area (Å²) in [6.45, 7) is -0.302. The Morgan fingerprint density at radius 1 is 1.71 bits per heavy atom. The van der Waals surface area contributed by atoms with Gasteiger partial charge in [-0.2, -0.15) is 10.9 Å². The van der Waals surface area contributed by atoms with Crippen LogP contribution in [0.2, 0.25) is 0 Å². The SMILES string of the molecule is NOc1ccn(C2C[C@@H](O)C(CO)O2)c(=O)n1. The Kier molecular flexibility index (Phi) is 3.38. The summed E-state index contributed by atoms with van der Waals surface area (Å²) >= 11 is 0. The Bertz CT molecular complexity index is 449. The normalized spacial score (nSPS) is 28.3. The Morgan fingerprint density at radius 3 is 3.00 bits per heavy atom. The monoisotopic (exact) mass is 243 g/mol. The summed E-state index contributed by atoms with van der Waals surface area (Å²) in [5, 5.41) is 18.5. The van der Waals surface area contributed by atoms with Crippen molar-refractivity contribution in [3.8, 4) is 5.88 Å². The van der Waals surface area contributed by atoms with Gasteiger partial charge in [-0.05, 0) is 0 Å². The van der Waals surface area contributed by atoms with Crippen LogP contribution < -0.4 is 16.4 Å². The van der Waals surface area contributed by atoms with Gasteiger partial charge in [0.1, 0.15) is 12.3 Å². The Hall–Kier alpha value is -1.48. The number of nitrogens with two attached hydrogens (primary N) is 1. The van der Waals surface area contributed by atoms with E-state index in [-0.39, 0.29) is 18.9 Å². The predicted molar refractivity (Wildman–Crippen MR) is 54.9 cm³/mol. The van der Waals surface area contributed by atoms with Gasteiger partial charge in [-0.1, -0.05) is 0 Å². The van der Waals surface area contributed by atoms with Gasteiger partial charge in [0.25, 0.3) is 0 Å². The number of rotatable bonds is 3. The molecule has 3 atom stereocenters. The summed E-state index contributed by atoms with van der Waals surface area (Å²) in [5.74, 6) is 4.88. The van der Waals surface area contributed by atoms with Gasteiger partial charge in [0.2, 0.25) is 5.88 Å². The fourth-order valence-electron chi connectivity index (χ4n) is 1.73. The molecule has 4 N–H and O–H groups in total. The van der Waals surface area contributed by atoms with Crippen molar-refractivity contribution in [1.82, 2.24) is 9.55 Å². The van der Waals surface area contributed by atoms with Crippen molar-refractivity contribution in [2.24, 2.45) is 5.90 Å². The fourth-order valence-corrected chi connectivity index (χ4v) is 1.73. The average molecular weight is 243 g/mol. The molecule has 17 heavy (non-hydrogen) atoms. The van der Waals surface area contributed by atoms with E-state index in [2.05, 4.69) is 9.82 Å². The van der Waals surface area contributed by atoms with E-state index in [1.54, 1.807) is 0 Å². The van der Waals surface area contributed by atoms with E-state index in [0.29, 0.717) is 0 Å². The van der Waals surface area contributed by atoms with Crippen molar-refractivity contribution in [1.29, 1.82) is 0 Å². The molecular formula is C9H13N3O5. The molecule has 1 saturated heterocycles. The highest BCUT2D eigenvalue weighted by atomic mass is 16.6. The van der Waals surface area contributed by atoms with E-state index in [1.807, 2.05) is 0 Å². The summed E-state index contributed by atoms with van der Waals surface area (Å²) < 4.78 is 6.52. The maximum Gasteiger partial charge on any atom is 0.353 e. The second-order valence-electron chi connectivity index (χ2n) is 3.69. The van der Waals surface area contributed by atoms with Crippen LogP contribution in [0.1, 0.15) is 12.6 Å². The Labute approximate surface area is 96.2 Å². The average Bonchev–Trinajstić information content (AvgIpc) is 2.70. The third-order valence-electron chi connectivity index (χ3n) is 2.62. The third kappa shape index (κ3) is 2.29. The molecule has 2 unspecified atom stereocenters. The molecule has 0 bridgehead atoms. The highest BCUT2D eigenvalue weighted by Crippen LogP contribution is 2.27. The minimum Gasteiger partial charge on any atom is -0.394 e. The van der Waals surface area contributed by atoms with Crippen molar-refractivity contribution >= 4 is 0 Å². The molecule has 94 valence electrons. The van der Waals surface area contributed by atoms with E-state index in [0.717, 1.165) is 0 Å². The van der Waals surface area contributed by atoms with Crippen molar-refractivity contribution in [3.63, 3.8) is 0 Å². The summed E-state index contributed by atoms with van der Waals surface area (Å²) in [6.07, 6.45) is -0.502. The third-order valence-corrected chi connectivity index (χ3v) is 2.62. The van der Waals surface area contributed by atoms with Crippen LogP contribution in [0, 0.1) is 0 Å². The van der Waals surface area contributed by atoms with Crippen molar-refractivity contribution in [2.45, 2.75) is 24.9 Å². The van der Waals surface area contributed by atoms with Gasteiger partial charge in [-0.25, -0.2) is 4.79 Å². The molecule has 1 fully saturated rings. The molecule has 1 aliphatic heterocycles. The molecule has 0 radical (unpaired) electrons. The smallest absolute Gasteiger partial charge is 0.353 e. The lowest BCUT2D eigenvalue weighted by Crippen LogP contribution is -2.28. The van der Waals surface area contributed by atoms with E-state index in [4.69, 9.17) is 15.7 Å². The largest absolute Gasteiger partial charge is 0.394 e. The zero-order chi connectivity index (χ0) is 12.4. The molecule has 2 rings (SSSR count). The van der Waals surface area contributed by atoms with Gasteiger partial charge >= 0.3 is 5.69 Å². The van der Waals surface area contributed by atoms with Crippen LogP contribution in [0.5, 0.6) is 5.88 Å². The van der Waals surface area contributed by atoms with E-state index >= 15 is 0 Å². The second kappa shape index (κ2) is 4.80. The van der Waals surface area contributed by atoms with Gasteiger partial charge in [0, 0.05) is 18.7 Å². The number of nitrogens with zero attached hydrogens (tertiary/aromatic N) is 2. The minimum atomic E-state index is -0.803. The molecule has 2 heterocycles. The summed E-state index contributed by atoms with van der Waals surface area (Å²) in [7, 11) is 0. The first-order valence-corrected chi connectivity index (χ1v) is 5.06. The topological polar surface area (TPSA) is 120 Å². The van der Waals surface area contributed by atoms with Gasteiger partial charge in [0.05, 0.1) is 12.7 Å². The Morgan fingerprint density at radius 2 is 2.47 bits per heavy atom. The number of ether oxygens (including phenoxy) is 1. The summed E-state index contributed by atoms with van der Waals surface area (Å²) in [5.41, 5.74) is -0.594. The predicted octanol–water partition coefficient (Wildman–Crippen LogP) is -1.86. The van der Waals surface area contributed by atoms with E-state index in [1.165, 1.54) is 16.8 Å². The number of aliphatic hydroxyl groups excluding tert-OH is 2. The molecule has 0 amide bonds. The first-order chi connectivity index (χ1) is 8.15. The molecule has 1 aliphatic rings. The van der Waals surface area contributed by atoms with Crippen molar-refractivity contribution < 1.29 is 19.8 Å². The van der Waals surface area contributed by atoms with Gasteiger partial charge in [-0.3, -0.25) is 4.57 Å². The van der Waals surface area contributed by atoms with Gasteiger partial charge in [0.15, 0.2) is 0 Å². The lowest BCUT2D eigenvalue weighted by atomic mass is 10.2. The molecular weight excluding hydrogens is 230 g/mol. The summed E-state index contributed by atoms with van der Waals surface area (Å²) in [4.78, 5) is 19.4. The maximum absolute atomic E-state index is 11.6. The fraction of sp³-hybridized carbons (Fsp3) is 0.556. The van der Waals surface area contributed by atoms with Crippen molar-refractivity contribution in [2.75, 3.05) is 6.61 Å². The van der Waals surface area contributed by atoms with Crippen LogP contribution in [-0.4, -0.2) is 38.6 Å². The van der Waals surface area contributed by atoms with Crippen LogP contribution in [0.3, 0.4) is 0 Å². The molecule has 0 spiro atoms. The van der Waals surface area contributed by atoms with Crippen LogP contribution in [0.4, 0.5) is 0 Å². The molecule has 8 nitrogen and oxygen atoms in total. The molecule has 1 aromatic rings. The van der Waals surface area contributed by atoms with E-state index < -0.39 is 24.1 Å². The zero-order valence-electron chi connectivity index (χ0n) is 8.89. The standard InChI is InChI=1S/C9H13N3O5/c10-17-7-1-2-12(9(15)11-7)8-3-5(14)6(4-13)16-8/h1-2,5-6,8,13-14H,3-4,10H2/t5-,6?,8?/m1/s1. The summed E-state index contributed by atoms with van der Waals surface area (Å²) in [6, 6.07) is 1.41. The molecule has 0 aromatic carbocycles. The molecule has 1 aromatic heterocycles. The first-order valence-electron chi connectivity index (χ1n) is 5.06. The van der Waals surface area contributed by atoms with Crippen LogP contribution in [0.15, 0.2) is 17.1 Å². The molecule has 0 aliphatic carbocycles. The number of hydrogen-bond acceptors (Lipinski definition) is 7. The zero-order valence-corrected chi connectivity index (χ0v) is 8.89. The lowest BCUT2D eigenvalue weighted by molar-refractivity contribution is -0.0459. The highest BCUT2D eigenvalue weighted by Gasteiger charge is 2.34. The number of aromatic nitrogens is 2. The number of aliphatic hydroxyl groups is 2. The van der Waals surface area contributed by atoms with Crippen LogP contribution in [0.25, 0.3) is 0 Å². The van der Waals surface area contributed by atoms with Gasteiger partial charge < -0.3 is 19.8 Å². The van der Waals surface area contributed by atoms with Gasteiger partial charge in [-0.15, -0.1) is 0 Å². The van der Waals surface area contributed by atoms with Crippen LogP contribution >= 0.6 is 0 Å². The second-order valence-corrected chi connectivity index (χ2v) is 3.69. The lowest BCUT2D eigenvalue weighted by Gasteiger charge is -2.14. The number of hydrogen-bond donors (Lipinski definition) is 3. The van der Waals surface area contributed by atoms with Crippen molar-refractivity contribution in [3.05, 3.63) is 22.7 Å². The maximum atomic E-state index is 11.6. The first kappa shape index (κ1) is 12.0. The van der Waals surface area contributed by atoms with Crippen LogP contribution in [-0.2, 0) is 4.74 Å². The quantitative estimate of drug-likeness (QED) is 0.532. The molecule has 8 heteroatoms. The molecule has 0 saturated carbocycles. The minimum absolute atomic E-state index is 0.00324.